The number of carbonyl (C=O) groups excluding carboxylic acids is 2. The van der Waals surface area contributed by atoms with E-state index in [1.165, 1.54) is 0 Å². The van der Waals surface area contributed by atoms with Gasteiger partial charge in [-0.2, -0.15) is 0 Å². The Morgan fingerprint density at radius 2 is 1.91 bits per heavy atom. The predicted molar refractivity (Wildman–Crippen MR) is 81.4 cm³/mol. The van der Waals surface area contributed by atoms with Crippen LogP contribution in [0.4, 0.5) is 0 Å². The molecule has 0 unspecified atom stereocenters. The number of aromatic amines is 1. The third-order valence-corrected chi connectivity index (χ3v) is 4.59. The number of H-pyrrole nitrogens is 1. The van der Waals surface area contributed by atoms with Crippen molar-refractivity contribution in [2.75, 3.05) is 26.3 Å². The second kappa shape index (κ2) is 6.96. The summed E-state index contributed by atoms with van der Waals surface area (Å²) < 4.78 is 5.29. The molecule has 0 bridgehead atoms. The average Bonchev–Trinajstić information content (AvgIpc) is 3.10. The van der Waals surface area contributed by atoms with Crippen molar-refractivity contribution in [3.05, 3.63) is 24.0 Å². The van der Waals surface area contributed by atoms with Crippen LogP contribution in [-0.2, 0) is 9.53 Å². The molecule has 2 heterocycles. The standard InChI is InChI=1S/C16H23N3O3/c20-15(13-5-6-17-11-13)18-14-3-1-12(2-4-14)16(21)19-7-9-22-10-8-19/h5-6,11-12,14,17H,1-4,7-10H2,(H,18,20). The number of amides is 2. The van der Waals surface area contributed by atoms with E-state index in [1.807, 2.05) is 4.90 Å². The molecule has 1 saturated carbocycles. The highest BCUT2D eigenvalue weighted by Gasteiger charge is 2.30. The third-order valence-electron chi connectivity index (χ3n) is 4.59. The summed E-state index contributed by atoms with van der Waals surface area (Å²) in [5.74, 6) is 0.335. The van der Waals surface area contributed by atoms with Crippen LogP contribution in [0.3, 0.4) is 0 Å². The number of morpholine rings is 1. The molecule has 1 aromatic heterocycles. The van der Waals surface area contributed by atoms with E-state index in [-0.39, 0.29) is 23.8 Å². The highest BCUT2D eigenvalue weighted by atomic mass is 16.5. The number of nitrogens with zero attached hydrogens (tertiary/aromatic N) is 1. The number of rotatable bonds is 3. The quantitative estimate of drug-likeness (QED) is 0.880. The summed E-state index contributed by atoms with van der Waals surface area (Å²) >= 11 is 0. The Hall–Kier alpha value is -1.82. The summed E-state index contributed by atoms with van der Waals surface area (Å²) in [5, 5.41) is 3.06. The number of aromatic nitrogens is 1. The molecular weight excluding hydrogens is 282 g/mol. The van der Waals surface area contributed by atoms with Crippen molar-refractivity contribution in [3.8, 4) is 0 Å². The minimum Gasteiger partial charge on any atom is -0.378 e. The largest absolute Gasteiger partial charge is 0.378 e. The van der Waals surface area contributed by atoms with Crippen molar-refractivity contribution >= 4 is 11.8 Å². The molecule has 1 aliphatic carbocycles. The molecular formula is C16H23N3O3. The van der Waals surface area contributed by atoms with Crippen molar-refractivity contribution in [3.63, 3.8) is 0 Å². The highest BCUT2D eigenvalue weighted by Crippen LogP contribution is 2.26. The first-order valence-corrected chi connectivity index (χ1v) is 8.04. The number of hydrogen-bond donors (Lipinski definition) is 2. The fraction of sp³-hybridized carbons (Fsp3) is 0.625. The second-order valence-electron chi connectivity index (χ2n) is 6.06. The Labute approximate surface area is 130 Å². The molecule has 2 N–H and O–H groups in total. The molecule has 0 atom stereocenters. The summed E-state index contributed by atoms with van der Waals surface area (Å²) in [6.07, 6.45) is 6.89. The molecule has 2 amide bonds. The zero-order chi connectivity index (χ0) is 15.4. The van der Waals surface area contributed by atoms with Crippen molar-refractivity contribution in [1.82, 2.24) is 15.2 Å². The van der Waals surface area contributed by atoms with Gasteiger partial charge in [0.1, 0.15) is 0 Å². The molecule has 6 heteroatoms. The molecule has 6 nitrogen and oxygen atoms in total. The highest BCUT2D eigenvalue weighted by molar-refractivity contribution is 5.94. The monoisotopic (exact) mass is 305 g/mol. The zero-order valence-corrected chi connectivity index (χ0v) is 12.7. The molecule has 0 spiro atoms. The molecule has 3 rings (SSSR count). The first-order chi connectivity index (χ1) is 10.7. The Bertz CT molecular complexity index is 501. The molecule has 0 radical (unpaired) electrons. The van der Waals surface area contributed by atoms with Gasteiger partial charge in [0.05, 0.1) is 18.8 Å². The van der Waals surface area contributed by atoms with Gasteiger partial charge in [-0.15, -0.1) is 0 Å². The van der Waals surface area contributed by atoms with Crippen molar-refractivity contribution in [2.45, 2.75) is 31.7 Å². The number of nitrogens with one attached hydrogen (secondary N) is 2. The first kappa shape index (κ1) is 15.1. The van der Waals surface area contributed by atoms with E-state index in [4.69, 9.17) is 4.74 Å². The fourth-order valence-electron chi connectivity index (χ4n) is 3.26. The van der Waals surface area contributed by atoms with Gasteiger partial charge in [0.15, 0.2) is 0 Å². The van der Waals surface area contributed by atoms with Crippen LogP contribution in [0.5, 0.6) is 0 Å². The van der Waals surface area contributed by atoms with Gasteiger partial charge >= 0.3 is 0 Å². The maximum atomic E-state index is 12.4. The molecule has 0 aromatic carbocycles. The number of hydrogen-bond acceptors (Lipinski definition) is 3. The summed E-state index contributed by atoms with van der Waals surface area (Å²) in [7, 11) is 0. The molecule has 1 saturated heterocycles. The van der Waals surface area contributed by atoms with Gasteiger partial charge in [0.25, 0.3) is 5.91 Å². The minimum absolute atomic E-state index is 0.0378. The van der Waals surface area contributed by atoms with Crippen LogP contribution < -0.4 is 5.32 Å². The van der Waals surface area contributed by atoms with Gasteiger partial charge in [-0.05, 0) is 31.7 Å². The van der Waals surface area contributed by atoms with E-state index in [2.05, 4.69) is 10.3 Å². The second-order valence-corrected chi connectivity index (χ2v) is 6.06. The SMILES string of the molecule is O=C(NC1CCC(C(=O)N2CCOCC2)CC1)c1cc[nH]c1. The van der Waals surface area contributed by atoms with Crippen LogP contribution in [0.15, 0.2) is 18.5 Å². The van der Waals surface area contributed by atoms with Crippen LogP contribution in [0.2, 0.25) is 0 Å². The number of carbonyl (C=O) groups is 2. The Balaban J connectivity index is 1.46. The lowest BCUT2D eigenvalue weighted by Gasteiger charge is -2.34. The van der Waals surface area contributed by atoms with Gasteiger partial charge < -0.3 is 19.9 Å². The van der Waals surface area contributed by atoms with Crippen LogP contribution >= 0.6 is 0 Å². The Morgan fingerprint density at radius 1 is 1.18 bits per heavy atom. The van der Waals surface area contributed by atoms with Gasteiger partial charge in [-0.1, -0.05) is 0 Å². The predicted octanol–water partition coefficient (Wildman–Crippen LogP) is 1.16. The lowest BCUT2D eigenvalue weighted by Crippen LogP contribution is -2.46. The van der Waals surface area contributed by atoms with Crippen molar-refractivity contribution in [2.24, 2.45) is 5.92 Å². The van der Waals surface area contributed by atoms with Crippen LogP contribution in [-0.4, -0.2) is 54.0 Å². The summed E-state index contributed by atoms with van der Waals surface area (Å²) in [6, 6.07) is 1.94. The Morgan fingerprint density at radius 3 is 2.55 bits per heavy atom. The van der Waals surface area contributed by atoms with Gasteiger partial charge in [0.2, 0.25) is 5.91 Å². The van der Waals surface area contributed by atoms with Gasteiger partial charge in [-0.3, -0.25) is 9.59 Å². The normalized spacial score (nSPS) is 25.7. The summed E-state index contributed by atoms with van der Waals surface area (Å²) in [6.45, 7) is 2.72. The molecule has 2 fully saturated rings. The van der Waals surface area contributed by atoms with Crippen LogP contribution in [0.1, 0.15) is 36.0 Å². The van der Waals surface area contributed by atoms with Crippen LogP contribution in [0.25, 0.3) is 0 Å². The molecule has 1 aromatic rings. The lowest BCUT2D eigenvalue weighted by molar-refractivity contribution is -0.140. The summed E-state index contributed by atoms with van der Waals surface area (Å²) in [4.78, 5) is 29.3. The molecule has 22 heavy (non-hydrogen) atoms. The van der Waals surface area contributed by atoms with Gasteiger partial charge in [-0.25, -0.2) is 0 Å². The smallest absolute Gasteiger partial charge is 0.253 e. The minimum atomic E-state index is -0.0378. The van der Waals surface area contributed by atoms with E-state index < -0.39 is 0 Å². The fourth-order valence-corrected chi connectivity index (χ4v) is 3.26. The van der Waals surface area contributed by atoms with E-state index in [1.54, 1.807) is 18.5 Å². The molecule has 120 valence electrons. The van der Waals surface area contributed by atoms with E-state index >= 15 is 0 Å². The van der Waals surface area contributed by atoms with E-state index in [9.17, 15) is 9.59 Å². The number of ether oxygens (including phenoxy) is 1. The topological polar surface area (TPSA) is 74.4 Å². The zero-order valence-electron chi connectivity index (χ0n) is 12.7. The van der Waals surface area contributed by atoms with Crippen molar-refractivity contribution in [1.29, 1.82) is 0 Å². The van der Waals surface area contributed by atoms with Crippen molar-refractivity contribution < 1.29 is 14.3 Å². The van der Waals surface area contributed by atoms with E-state index in [0.717, 1.165) is 25.7 Å². The van der Waals surface area contributed by atoms with Crippen LogP contribution in [0, 0.1) is 5.92 Å². The maximum Gasteiger partial charge on any atom is 0.253 e. The van der Waals surface area contributed by atoms with Gasteiger partial charge in [0, 0.05) is 37.4 Å². The Kier molecular flexibility index (Phi) is 4.77. The molecule has 1 aliphatic heterocycles. The lowest BCUT2D eigenvalue weighted by atomic mass is 9.85. The van der Waals surface area contributed by atoms with E-state index in [0.29, 0.717) is 31.9 Å². The average molecular weight is 305 g/mol. The molecule has 2 aliphatic rings. The summed E-state index contributed by atoms with van der Waals surface area (Å²) in [5.41, 5.74) is 0.659. The maximum absolute atomic E-state index is 12.4. The third kappa shape index (κ3) is 3.50. The first-order valence-electron chi connectivity index (χ1n) is 8.04.